The zero-order valence-electron chi connectivity index (χ0n) is 13.5. The second-order valence-corrected chi connectivity index (χ2v) is 5.72. The Morgan fingerprint density at radius 2 is 1.71 bits per heavy atom. The van der Waals surface area contributed by atoms with E-state index in [9.17, 15) is 9.59 Å². The van der Waals surface area contributed by atoms with Gasteiger partial charge in [0, 0.05) is 25.2 Å². The van der Waals surface area contributed by atoms with Gasteiger partial charge in [-0.05, 0) is 32.2 Å². The number of aliphatic carboxylic acids is 1. The number of urea groups is 1. The number of carboxylic acid groups (broad SMARTS) is 1. The van der Waals surface area contributed by atoms with E-state index in [1.54, 1.807) is 0 Å². The second kappa shape index (κ2) is 8.87. The van der Waals surface area contributed by atoms with E-state index in [0.29, 0.717) is 0 Å². The first kappa shape index (κ1) is 17.8. The van der Waals surface area contributed by atoms with E-state index in [0.717, 1.165) is 45.3 Å². The van der Waals surface area contributed by atoms with Gasteiger partial charge in [-0.25, -0.2) is 4.79 Å². The molecule has 21 heavy (non-hydrogen) atoms. The van der Waals surface area contributed by atoms with Crippen molar-refractivity contribution in [1.29, 1.82) is 0 Å². The first-order valence-electron chi connectivity index (χ1n) is 8.03. The van der Waals surface area contributed by atoms with Crippen LogP contribution in [0, 0.1) is 0 Å². The summed E-state index contributed by atoms with van der Waals surface area (Å²) in [5.74, 6) is -0.790. The highest BCUT2D eigenvalue weighted by molar-refractivity contribution is 5.74. The van der Waals surface area contributed by atoms with Crippen molar-refractivity contribution >= 4 is 12.0 Å². The fourth-order valence-electron chi connectivity index (χ4n) is 2.80. The predicted molar refractivity (Wildman–Crippen MR) is 82.4 cm³/mol. The fourth-order valence-corrected chi connectivity index (χ4v) is 2.80. The third-order valence-corrected chi connectivity index (χ3v) is 3.98. The minimum Gasteiger partial charge on any atom is -0.480 e. The molecule has 122 valence electrons. The normalized spacial score (nSPS) is 21.0. The molecule has 1 fully saturated rings. The summed E-state index contributed by atoms with van der Waals surface area (Å²) in [4.78, 5) is 26.8. The molecule has 1 saturated carbocycles. The van der Waals surface area contributed by atoms with E-state index in [2.05, 4.69) is 19.2 Å². The molecule has 2 amide bonds. The molecule has 2 N–H and O–H groups in total. The van der Waals surface area contributed by atoms with Crippen LogP contribution in [0.5, 0.6) is 0 Å². The van der Waals surface area contributed by atoms with Gasteiger partial charge < -0.3 is 15.3 Å². The fraction of sp³-hybridized carbons (Fsp3) is 0.867. The van der Waals surface area contributed by atoms with Crippen molar-refractivity contribution in [1.82, 2.24) is 15.1 Å². The highest BCUT2D eigenvalue weighted by Crippen LogP contribution is 2.25. The third-order valence-electron chi connectivity index (χ3n) is 3.98. The average Bonchev–Trinajstić information content (AvgIpc) is 2.39. The Hall–Kier alpha value is -1.30. The Morgan fingerprint density at radius 1 is 1.14 bits per heavy atom. The smallest absolute Gasteiger partial charge is 0.317 e. The molecule has 0 saturated heterocycles. The van der Waals surface area contributed by atoms with Crippen molar-refractivity contribution in [3.8, 4) is 0 Å². The topological polar surface area (TPSA) is 72.9 Å². The van der Waals surface area contributed by atoms with E-state index in [1.165, 1.54) is 0 Å². The standard InChI is InChI=1S/C15H29N3O3/c1-4-7-18(8-5-2)15(21)16-12-9-13(10-12)17(6-3)11-14(19)20/h12-13H,4-11H2,1-3H3,(H,16,21)(H,19,20). The molecule has 1 rings (SSSR count). The lowest BCUT2D eigenvalue weighted by atomic mass is 9.85. The molecule has 0 heterocycles. The van der Waals surface area contributed by atoms with Crippen LogP contribution in [-0.4, -0.2) is 65.2 Å². The van der Waals surface area contributed by atoms with Crippen LogP contribution in [0.4, 0.5) is 4.79 Å². The maximum atomic E-state index is 12.2. The van der Waals surface area contributed by atoms with Gasteiger partial charge in [0.2, 0.25) is 0 Å². The minimum absolute atomic E-state index is 0.0171. The Labute approximate surface area is 127 Å². The molecule has 0 spiro atoms. The van der Waals surface area contributed by atoms with E-state index in [1.807, 2.05) is 16.7 Å². The second-order valence-electron chi connectivity index (χ2n) is 5.72. The highest BCUT2D eigenvalue weighted by Gasteiger charge is 2.35. The van der Waals surface area contributed by atoms with Crippen LogP contribution in [-0.2, 0) is 4.79 Å². The Balaban J connectivity index is 2.35. The first-order valence-corrected chi connectivity index (χ1v) is 8.03. The van der Waals surface area contributed by atoms with Gasteiger partial charge in [0.25, 0.3) is 0 Å². The van der Waals surface area contributed by atoms with Gasteiger partial charge in [0.05, 0.1) is 6.54 Å². The monoisotopic (exact) mass is 299 g/mol. The first-order chi connectivity index (χ1) is 10.0. The summed E-state index contributed by atoms with van der Waals surface area (Å²) in [6.45, 7) is 8.50. The average molecular weight is 299 g/mol. The lowest BCUT2D eigenvalue weighted by Gasteiger charge is -2.42. The molecule has 0 aromatic heterocycles. The number of hydrogen-bond donors (Lipinski definition) is 2. The Kier molecular flexibility index (Phi) is 7.50. The molecule has 6 heteroatoms. The number of hydrogen-bond acceptors (Lipinski definition) is 3. The molecular weight excluding hydrogens is 270 g/mol. The van der Waals surface area contributed by atoms with Gasteiger partial charge in [-0.15, -0.1) is 0 Å². The number of carboxylic acids is 1. The summed E-state index contributed by atoms with van der Waals surface area (Å²) < 4.78 is 0. The molecule has 0 atom stereocenters. The number of carbonyl (C=O) groups excluding carboxylic acids is 1. The predicted octanol–water partition coefficient (Wildman–Crippen LogP) is 1.76. The number of rotatable bonds is 9. The van der Waals surface area contributed by atoms with Gasteiger partial charge in [0.1, 0.15) is 0 Å². The molecule has 0 radical (unpaired) electrons. The van der Waals surface area contributed by atoms with Crippen LogP contribution >= 0.6 is 0 Å². The van der Waals surface area contributed by atoms with Gasteiger partial charge >= 0.3 is 12.0 Å². The molecule has 0 unspecified atom stereocenters. The molecule has 0 aromatic carbocycles. The van der Waals surface area contributed by atoms with E-state index in [4.69, 9.17) is 5.11 Å². The molecule has 0 bridgehead atoms. The van der Waals surface area contributed by atoms with Crippen LogP contribution in [0.1, 0.15) is 46.5 Å². The summed E-state index contributed by atoms with van der Waals surface area (Å²) in [5.41, 5.74) is 0. The number of carbonyl (C=O) groups is 2. The van der Waals surface area contributed by atoms with Crippen LogP contribution in [0.25, 0.3) is 0 Å². The largest absolute Gasteiger partial charge is 0.480 e. The summed E-state index contributed by atoms with van der Waals surface area (Å²) in [5, 5.41) is 11.9. The number of amides is 2. The molecular formula is C15H29N3O3. The third kappa shape index (κ3) is 5.53. The van der Waals surface area contributed by atoms with Crippen LogP contribution in [0.2, 0.25) is 0 Å². The van der Waals surface area contributed by atoms with Crippen molar-refractivity contribution in [2.45, 2.75) is 58.5 Å². The SMILES string of the molecule is CCCN(CCC)C(=O)NC1CC(N(CC)CC(=O)O)C1. The maximum absolute atomic E-state index is 12.2. The summed E-state index contributed by atoms with van der Waals surface area (Å²) in [6, 6.07) is 0.479. The van der Waals surface area contributed by atoms with E-state index in [-0.39, 0.29) is 24.7 Å². The van der Waals surface area contributed by atoms with Gasteiger partial charge in [-0.2, -0.15) is 0 Å². The number of likely N-dealkylation sites (N-methyl/N-ethyl adjacent to an activating group) is 1. The van der Waals surface area contributed by atoms with Gasteiger partial charge in [-0.3, -0.25) is 9.69 Å². The minimum atomic E-state index is -0.790. The van der Waals surface area contributed by atoms with Crippen molar-refractivity contribution in [2.75, 3.05) is 26.2 Å². The molecule has 1 aliphatic carbocycles. The Bertz CT molecular complexity index is 337. The lowest BCUT2D eigenvalue weighted by Crippen LogP contribution is -2.57. The van der Waals surface area contributed by atoms with Crippen molar-refractivity contribution < 1.29 is 14.7 Å². The zero-order valence-corrected chi connectivity index (χ0v) is 13.5. The van der Waals surface area contributed by atoms with Crippen LogP contribution in [0.3, 0.4) is 0 Å². The van der Waals surface area contributed by atoms with E-state index < -0.39 is 5.97 Å². The zero-order chi connectivity index (χ0) is 15.8. The van der Waals surface area contributed by atoms with Gasteiger partial charge in [0.15, 0.2) is 0 Å². The van der Waals surface area contributed by atoms with E-state index >= 15 is 0 Å². The molecule has 0 aromatic rings. The summed E-state index contributed by atoms with van der Waals surface area (Å²) >= 11 is 0. The van der Waals surface area contributed by atoms with Crippen LogP contribution < -0.4 is 5.32 Å². The molecule has 6 nitrogen and oxygen atoms in total. The molecule has 0 aliphatic heterocycles. The summed E-state index contributed by atoms with van der Waals surface area (Å²) in [7, 11) is 0. The van der Waals surface area contributed by atoms with Crippen molar-refractivity contribution in [2.24, 2.45) is 0 Å². The van der Waals surface area contributed by atoms with Crippen molar-refractivity contribution in [3.63, 3.8) is 0 Å². The summed E-state index contributed by atoms with van der Waals surface area (Å²) in [6.07, 6.45) is 3.61. The number of nitrogens with zero attached hydrogens (tertiary/aromatic N) is 2. The quantitative estimate of drug-likeness (QED) is 0.680. The highest BCUT2D eigenvalue weighted by atomic mass is 16.4. The maximum Gasteiger partial charge on any atom is 0.317 e. The number of nitrogens with one attached hydrogen (secondary N) is 1. The van der Waals surface area contributed by atoms with Crippen molar-refractivity contribution in [3.05, 3.63) is 0 Å². The van der Waals surface area contributed by atoms with Crippen LogP contribution in [0.15, 0.2) is 0 Å². The lowest BCUT2D eigenvalue weighted by molar-refractivity contribution is -0.139. The Morgan fingerprint density at radius 3 is 2.14 bits per heavy atom. The van der Waals surface area contributed by atoms with Gasteiger partial charge in [-0.1, -0.05) is 20.8 Å². The molecule has 1 aliphatic rings.